The maximum atomic E-state index is 12.5. The van der Waals surface area contributed by atoms with E-state index in [9.17, 15) is 9.18 Å². The van der Waals surface area contributed by atoms with Crippen LogP contribution in [0.1, 0.15) is 9.67 Å². The molecule has 2 rings (SSSR count). The molecule has 0 unspecified atom stereocenters. The first-order chi connectivity index (χ1) is 6.66. The topological polar surface area (TPSA) is 63.3 Å². The van der Waals surface area contributed by atoms with Crippen molar-refractivity contribution in [3.05, 3.63) is 29.2 Å². The number of carboxylic acid groups (broad SMARTS) is 1. The molecule has 0 saturated heterocycles. The predicted octanol–water partition coefficient (Wildman–Crippen LogP) is 2.24. The van der Waals surface area contributed by atoms with Crippen LogP contribution in [0, 0.1) is 6.01 Å². The van der Waals surface area contributed by atoms with Gasteiger partial charge in [-0.25, -0.2) is 9.78 Å². The number of carbonyl (C=O) groups is 1. The lowest BCUT2D eigenvalue weighted by Crippen LogP contribution is -1.89. The lowest BCUT2D eigenvalue weighted by molar-refractivity contribution is 0.0702. The third kappa shape index (κ3) is 1.51. The summed E-state index contributed by atoms with van der Waals surface area (Å²) in [6.07, 6.45) is 1.21. The summed E-state index contributed by atoms with van der Waals surface area (Å²) in [5.74, 6) is -0.819. The summed E-state index contributed by atoms with van der Waals surface area (Å²) in [5.41, 5.74) is 0. The van der Waals surface area contributed by atoms with Crippen molar-refractivity contribution in [1.29, 1.82) is 0 Å². The van der Waals surface area contributed by atoms with Crippen molar-refractivity contribution in [1.82, 2.24) is 4.98 Å². The molecule has 0 fully saturated rings. The molecule has 0 spiro atoms. The number of thiazole rings is 1. The molecular weight excluding hydrogens is 209 g/mol. The highest BCUT2D eigenvalue weighted by atomic mass is 32.1. The quantitative estimate of drug-likeness (QED) is 0.830. The second-order valence-corrected chi connectivity index (χ2v) is 3.47. The molecule has 2 heterocycles. The minimum absolute atomic E-state index is 0.0943. The monoisotopic (exact) mass is 213 g/mol. The van der Waals surface area contributed by atoms with Gasteiger partial charge in [0.15, 0.2) is 10.8 Å². The predicted molar refractivity (Wildman–Crippen MR) is 46.7 cm³/mol. The molecule has 14 heavy (non-hydrogen) atoms. The van der Waals surface area contributed by atoms with Crippen LogP contribution in [0.2, 0.25) is 0 Å². The first-order valence-corrected chi connectivity index (χ1v) is 4.43. The van der Waals surface area contributed by atoms with Gasteiger partial charge in [-0.1, -0.05) is 0 Å². The average Bonchev–Trinajstić information content (AvgIpc) is 2.70. The first-order valence-electron chi connectivity index (χ1n) is 3.61. The van der Waals surface area contributed by atoms with Crippen molar-refractivity contribution in [3.8, 4) is 10.8 Å². The Labute approximate surface area is 81.6 Å². The molecule has 0 aliphatic carbocycles. The van der Waals surface area contributed by atoms with Gasteiger partial charge in [0, 0.05) is 6.07 Å². The SMILES string of the molecule is O=C(O)c1cnc(-c2ccc(F)o2)s1. The van der Waals surface area contributed by atoms with Crippen LogP contribution in [0.4, 0.5) is 4.39 Å². The number of hydrogen-bond acceptors (Lipinski definition) is 4. The zero-order chi connectivity index (χ0) is 10.1. The molecule has 0 aromatic carbocycles. The largest absolute Gasteiger partial charge is 0.477 e. The second-order valence-electron chi connectivity index (χ2n) is 2.44. The average molecular weight is 213 g/mol. The van der Waals surface area contributed by atoms with E-state index in [1.54, 1.807) is 0 Å². The van der Waals surface area contributed by atoms with E-state index in [0.29, 0.717) is 5.01 Å². The summed E-state index contributed by atoms with van der Waals surface area (Å²) in [5, 5.41) is 8.97. The molecule has 2 aromatic rings. The van der Waals surface area contributed by atoms with Gasteiger partial charge in [0.05, 0.1) is 6.20 Å². The van der Waals surface area contributed by atoms with Crippen LogP contribution < -0.4 is 0 Å². The fourth-order valence-electron chi connectivity index (χ4n) is 0.916. The van der Waals surface area contributed by atoms with Gasteiger partial charge in [-0.15, -0.1) is 11.3 Å². The fourth-order valence-corrected chi connectivity index (χ4v) is 1.63. The van der Waals surface area contributed by atoms with Gasteiger partial charge >= 0.3 is 5.97 Å². The highest BCUT2D eigenvalue weighted by Crippen LogP contribution is 2.26. The summed E-state index contributed by atoms with van der Waals surface area (Å²) in [6, 6.07) is 1.84. The van der Waals surface area contributed by atoms with Crippen molar-refractivity contribution in [3.63, 3.8) is 0 Å². The number of carboxylic acids is 1. The number of aromatic carboxylic acids is 1. The Morgan fingerprint density at radius 1 is 1.57 bits per heavy atom. The van der Waals surface area contributed by atoms with Gasteiger partial charge < -0.3 is 9.52 Å². The Kier molecular flexibility index (Phi) is 2.05. The van der Waals surface area contributed by atoms with Crippen molar-refractivity contribution >= 4 is 17.3 Å². The number of aromatic nitrogens is 1. The molecule has 0 amide bonds. The highest BCUT2D eigenvalue weighted by molar-refractivity contribution is 7.16. The van der Waals surface area contributed by atoms with Gasteiger partial charge in [-0.2, -0.15) is 4.39 Å². The molecule has 0 aliphatic rings. The standard InChI is InChI=1S/C8H4FNO3S/c9-6-2-1-4(13-6)7-10-3-5(14-7)8(11)12/h1-3H,(H,11,12). The van der Waals surface area contributed by atoms with E-state index in [0.717, 1.165) is 17.4 Å². The van der Waals surface area contributed by atoms with E-state index >= 15 is 0 Å². The number of rotatable bonds is 2. The number of nitrogens with zero attached hydrogens (tertiary/aromatic N) is 1. The van der Waals surface area contributed by atoms with Crippen LogP contribution >= 0.6 is 11.3 Å². The minimum Gasteiger partial charge on any atom is -0.477 e. The maximum Gasteiger partial charge on any atom is 0.347 e. The van der Waals surface area contributed by atoms with Crippen LogP contribution in [0.25, 0.3) is 10.8 Å². The number of halogens is 1. The van der Waals surface area contributed by atoms with Crippen LogP contribution in [0.5, 0.6) is 0 Å². The Balaban J connectivity index is 2.38. The summed E-state index contributed by atoms with van der Waals surface area (Å²) in [4.78, 5) is 14.4. The minimum atomic E-state index is -1.05. The Hall–Kier alpha value is -1.69. The molecule has 0 bridgehead atoms. The molecule has 1 N–H and O–H groups in total. The van der Waals surface area contributed by atoms with Gasteiger partial charge in [0.1, 0.15) is 4.88 Å². The van der Waals surface area contributed by atoms with Gasteiger partial charge in [-0.05, 0) is 6.07 Å². The molecule has 0 aliphatic heterocycles. The van der Waals surface area contributed by atoms with Crippen LogP contribution in [0.15, 0.2) is 22.7 Å². The second kappa shape index (κ2) is 3.22. The van der Waals surface area contributed by atoms with Crippen LogP contribution in [-0.2, 0) is 0 Å². The van der Waals surface area contributed by atoms with Crippen molar-refractivity contribution < 1.29 is 18.7 Å². The van der Waals surface area contributed by atoms with Crippen LogP contribution in [0.3, 0.4) is 0 Å². The Morgan fingerprint density at radius 3 is 2.86 bits per heavy atom. The Morgan fingerprint density at radius 2 is 2.36 bits per heavy atom. The summed E-state index contributed by atoms with van der Waals surface area (Å²) < 4.78 is 17.1. The third-order valence-electron chi connectivity index (χ3n) is 1.50. The molecule has 0 saturated carbocycles. The Bertz CT molecular complexity index is 476. The summed E-state index contributed by atoms with van der Waals surface area (Å²) in [6.45, 7) is 0. The molecule has 0 radical (unpaired) electrons. The third-order valence-corrected chi connectivity index (χ3v) is 2.50. The molecule has 4 nitrogen and oxygen atoms in total. The van der Waals surface area contributed by atoms with E-state index in [1.165, 1.54) is 12.3 Å². The molecule has 0 atom stereocenters. The summed E-state index contributed by atoms with van der Waals surface area (Å²) >= 11 is 0.936. The zero-order valence-electron chi connectivity index (χ0n) is 6.73. The van der Waals surface area contributed by atoms with Crippen LogP contribution in [-0.4, -0.2) is 16.1 Å². The molecule has 6 heteroatoms. The summed E-state index contributed by atoms with van der Waals surface area (Å²) in [7, 11) is 0. The smallest absolute Gasteiger partial charge is 0.347 e. The van der Waals surface area contributed by atoms with E-state index in [4.69, 9.17) is 5.11 Å². The van der Waals surface area contributed by atoms with Gasteiger partial charge in [0.2, 0.25) is 0 Å². The normalized spacial score (nSPS) is 10.4. The molecular formula is C8H4FNO3S. The first kappa shape index (κ1) is 8.89. The molecule has 72 valence electrons. The van der Waals surface area contributed by atoms with E-state index in [-0.39, 0.29) is 10.6 Å². The number of furan rings is 1. The fraction of sp³-hybridized carbons (Fsp3) is 0. The van der Waals surface area contributed by atoms with Gasteiger partial charge in [0.25, 0.3) is 6.01 Å². The van der Waals surface area contributed by atoms with Crippen molar-refractivity contribution in [2.75, 3.05) is 0 Å². The van der Waals surface area contributed by atoms with E-state index in [1.807, 2.05) is 0 Å². The zero-order valence-corrected chi connectivity index (χ0v) is 7.55. The van der Waals surface area contributed by atoms with Crippen molar-refractivity contribution in [2.24, 2.45) is 0 Å². The van der Waals surface area contributed by atoms with Crippen molar-refractivity contribution in [2.45, 2.75) is 0 Å². The van der Waals surface area contributed by atoms with E-state index in [2.05, 4.69) is 9.40 Å². The molecule has 2 aromatic heterocycles. The number of hydrogen-bond donors (Lipinski definition) is 1. The lowest BCUT2D eigenvalue weighted by atomic mass is 10.5. The van der Waals surface area contributed by atoms with Gasteiger partial charge in [-0.3, -0.25) is 0 Å². The maximum absolute atomic E-state index is 12.5. The highest BCUT2D eigenvalue weighted by Gasteiger charge is 2.12. The lowest BCUT2D eigenvalue weighted by Gasteiger charge is -1.85. The van der Waals surface area contributed by atoms with E-state index < -0.39 is 12.0 Å².